The molecule has 0 aliphatic rings. The minimum atomic E-state index is -4.18. The van der Waals surface area contributed by atoms with Gasteiger partial charge in [0.1, 0.15) is 16.5 Å². The average molecular weight is 299 g/mol. The van der Waals surface area contributed by atoms with E-state index in [4.69, 9.17) is 5.73 Å². The summed E-state index contributed by atoms with van der Waals surface area (Å²) >= 11 is 0. The second kappa shape index (κ2) is 5.04. The van der Waals surface area contributed by atoms with E-state index in [-0.39, 0.29) is 11.4 Å². The van der Waals surface area contributed by atoms with Gasteiger partial charge in [0.05, 0.1) is 17.6 Å². The summed E-state index contributed by atoms with van der Waals surface area (Å²) in [6.07, 6.45) is 2.64. The fraction of sp³-hybridized carbons (Fsp3) is 0.0833. The molecule has 0 saturated heterocycles. The van der Waals surface area contributed by atoms with Crippen LogP contribution in [0.2, 0.25) is 0 Å². The van der Waals surface area contributed by atoms with Crippen molar-refractivity contribution in [2.24, 2.45) is 0 Å². The maximum absolute atomic E-state index is 13.6. The number of rotatable bonds is 3. The van der Waals surface area contributed by atoms with E-state index in [1.807, 2.05) is 0 Å². The number of hydrogen-bond acceptors (Lipinski definition) is 4. The number of benzene rings is 1. The number of nitrogens with two attached hydrogens (primary N) is 1. The van der Waals surface area contributed by atoms with Crippen molar-refractivity contribution in [3.05, 3.63) is 48.3 Å². The van der Waals surface area contributed by atoms with Gasteiger partial charge in [-0.2, -0.15) is 0 Å². The van der Waals surface area contributed by atoms with Gasteiger partial charge in [0.2, 0.25) is 0 Å². The van der Waals surface area contributed by atoms with E-state index >= 15 is 0 Å². The molecule has 0 amide bonds. The second-order valence-corrected chi connectivity index (χ2v) is 5.92. The van der Waals surface area contributed by atoms with Crippen LogP contribution >= 0.6 is 0 Å². The molecule has 0 aliphatic carbocycles. The van der Waals surface area contributed by atoms with Crippen LogP contribution in [0.3, 0.4) is 0 Å². The smallest absolute Gasteiger partial charge is 0.267 e. The van der Waals surface area contributed by atoms with Crippen LogP contribution in [0.1, 0.15) is 0 Å². The minimum Gasteiger partial charge on any atom is -0.396 e. The van der Waals surface area contributed by atoms with Crippen molar-refractivity contribution in [3.63, 3.8) is 0 Å². The first-order valence-corrected chi connectivity index (χ1v) is 6.91. The maximum atomic E-state index is 13.6. The predicted molar refractivity (Wildman–Crippen MR) is 70.6 cm³/mol. The zero-order valence-electron chi connectivity index (χ0n) is 10.4. The van der Waals surface area contributed by atoms with E-state index in [0.717, 1.165) is 16.4 Å². The first kappa shape index (κ1) is 14.2. The van der Waals surface area contributed by atoms with Crippen LogP contribution in [0, 0.1) is 11.6 Å². The van der Waals surface area contributed by atoms with Gasteiger partial charge in [-0.15, -0.1) is 0 Å². The van der Waals surface area contributed by atoms with E-state index in [2.05, 4.69) is 4.98 Å². The van der Waals surface area contributed by atoms with E-state index < -0.39 is 26.6 Å². The highest BCUT2D eigenvalue weighted by Gasteiger charge is 2.26. The molecule has 0 aliphatic heterocycles. The summed E-state index contributed by atoms with van der Waals surface area (Å²) in [5.74, 6) is -2.02. The summed E-state index contributed by atoms with van der Waals surface area (Å²) in [5, 5.41) is 0. The monoisotopic (exact) mass is 299 g/mol. The Hall–Kier alpha value is -2.22. The minimum absolute atomic E-state index is 0.126. The Morgan fingerprint density at radius 2 is 1.95 bits per heavy atom. The molecule has 2 aromatic rings. The van der Waals surface area contributed by atoms with Crippen LogP contribution < -0.4 is 10.0 Å². The fourth-order valence-electron chi connectivity index (χ4n) is 1.65. The molecule has 1 heterocycles. The zero-order valence-corrected chi connectivity index (χ0v) is 11.2. The largest absolute Gasteiger partial charge is 0.396 e. The number of anilines is 2. The molecule has 0 radical (unpaired) electrons. The molecule has 5 nitrogen and oxygen atoms in total. The number of hydrogen-bond donors (Lipinski definition) is 1. The molecule has 1 aromatic heterocycles. The van der Waals surface area contributed by atoms with Gasteiger partial charge < -0.3 is 5.73 Å². The van der Waals surface area contributed by atoms with Crippen LogP contribution in [0.5, 0.6) is 0 Å². The van der Waals surface area contributed by atoms with E-state index in [9.17, 15) is 17.2 Å². The number of nitrogen functional groups attached to an aromatic ring is 1. The Morgan fingerprint density at radius 1 is 1.25 bits per heavy atom. The van der Waals surface area contributed by atoms with Crippen molar-refractivity contribution in [3.8, 4) is 0 Å². The first-order chi connectivity index (χ1) is 9.34. The number of nitrogens with zero attached hydrogens (tertiary/aromatic N) is 2. The molecule has 0 saturated carbocycles. The molecule has 0 unspecified atom stereocenters. The number of halogens is 2. The highest BCUT2D eigenvalue weighted by Crippen LogP contribution is 2.27. The van der Waals surface area contributed by atoms with Gasteiger partial charge in [0.25, 0.3) is 10.0 Å². The average Bonchev–Trinajstić information content (AvgIpc) is 2.38. The van der Waals surface area contributed by atoms with Gasteiger partial charge in [0.15, 0.2) is 0 Å². The van der Waals surface area contributed by atoms with Gasteiger partial charge in [-0.25, -0.2) is 17.2 Å². The Balaban J connectivity index is 2.53. The summed E-state index contributed by atoms with van der Waals surface area (Å²) in [7, 11) is -2.95. The lowest BCUT2D eigenvalue weighted by Gasteiger charge is -2.20. The molecule has 0 spiro atoms. The molecule has 20 heavy (non-hydrogen) atoms. The Morgan fingerprint density at radius 3 is 2.55 bits per heavy atom. The predicted octanol–water partition coefficient (Wildman–Crippen LogP) is 1.77. The molecule has 0 atom stereocenters. The summed E-state index contributed by atoms with van der Waals surface area (Å²) in [6, 6.07) is 3.64. The summed E-state index contributed by atoms with van der Waals surface area (Å²) in [5.41, 5.74) is 5.92. The quantitative estimate of drug-likeness (QED) is 0.937. The molecule has 2 rings (SSSR count). The number of aromatic nitrogens is 1. The third kappa shape index (κ3) is 2.42. The zero-order chi connectivity index (χ0) is 14.9. The molecule has 0 fully saturated rings. The van der Waals surface area contributed by atoms with Crippen molar-refractivity contribution in [2.45, 2.75) is 4.90 Å². The van der Waals surface area contributed by atoms with Crippen molar-refractivity contribution in [1.29, 1.82) is 0 Å². The topological polar surface area (TPSA) is 76.3 Å². The van der Waals surface area contributed by atoms with Crippen LogP contribution in [0.25, 0.3) is 0 Å². The molecular formula is C12H11F2N3O2S. The molecule has 1 aromatic carbocycles. The lowest BCUT2D eigenvalue weighted by Crippen LogP contribution is -2.28. The summed E-state index contributed by atoms with van der Waals surface area (Å²) in [4.78, 5) is 3.11. The van der Waals surface area contributed by atoms with Crippen molar-refractivity contribution < 1.29 is 17.2 Å². The van der Waals surface area contributed by atoms with Crippen LogP contribution in [0.15, 0.2) is 41.6 Å². The highest BCUT2D eigenvalue weighted by molar-refractivity contribution is 7.92. The van der Waals surface area contributed by atoms with Gasteiger partial charge in [-0.3, -0.25) is 9.29 Å². The van der Waals surface area contributed by atoms with E-state index in [1.54, 1.807) is 0 Å². The third-order valence-corrected chi connectivity index (χ3v) is 4.50. The molecule has 106 valence electrons. The van der Waals surface area contributed by atoms with Crippen molar-refractivity contribution >= 4 is 21.4 Å². The lowest BCUT2D eigenvalue weighted by atomic mass is 10.3. The van der Waals surface area contributed by atoms with Gasteiger partial charge >= 0.3 is 0 Å². The van der Waals surface area contributed by atoms with E-state index in [0.29, 0.717) is 6.07 Å². The van der Waals surface area contributed by atoms with Crippen LogP contribution in [-0.4, -0.2) is 20.4 Å². The molecule has 8 heteroatoms. The molecular weight excluding hydrogens is 288 g/mol. The van der Waals surface area contributed by atoms with Crippen LogP contribution in [0.4, 0.5) is 20.2 Å². The Bertz CT molecular complexity index is 750. The van der Waals surface area contributed by atoms with E-state index in [1.165, 1.54) is 25.5 Å². The highest BCUT2D eigenvalue weighted by atomic mass is 32.2. The molecule has 0 bridgehead atoms. The standard InChI is InChI=1S/C12H11F2N3O2S/c1-17(11-4-5-16-7-10(11)15)20(18,19)12-3-2-8(13)6-9(12)14/h2-7H,15H2,1H3. The van der Waals surface area contributed by atoms with Crippen LogP contribution in [-0.2, 0) is 10.0 Å². The Labute approximate surface area is 114 Å². The summed E-state index contributed by atoms with van der Waals surface area (Å²) < 4.78 is 51.9. The van der Waals surface area contributed by atoms with Gasteiger partial charge in [-0.05, 0) is 18.2 Å². The molecule has 2 N–H and O–H groups in total. The Kier molecular flexibility index (Phi) is 3.58. The second-order valence-electron chi connectivity index (χ2n) is 3.98. The SMILES string of the molecule is CN(c1ccncc1N)S(=O)(=O)c1ccc(F)cc1F. The van der Waals surface area contributed by atoms with Gasteiger partial charge in [0, 0.05) is 19.3 Å². The van der Waals surface area contributed by atoms with Crippen molar-refractivity contribution in [2.75, 3.05) is 17.1 Å². The lowest BCUT2D eigenvalue weighted by molar-refractivity contribution is 0.548. The first-order valence-electron chi connectivity index (χ1n) is 5.47. The number of sulfonamides is 1. The fourth-order valence-corrected chi connectivity index (χ4v) is 2.91. The third-order valence-electron chi connectivity index (χ3n) is 2.70. The maximum Gasteiger partial charge on any atom is 0.267 e. The number of pyridine rings is 1. The summed E-state index contributed by atoms with van der Waals surface area (Å²) in [6.45, 7) is 0. The van der Waals surface area contributed by atoms with Crippen molar-refractivity contribution in [1.82, 2.24) is 4.98 Å². The van der Waals surface area contributed by atoms with Gasteiger partial charge in [-0.1, -0.05) is 0 Å². The normalized spacial score (nSPS) is 11.3.